The van der Waals surface area contributed by atoms with E-state index in [0.717, 1.165) is 11.4 Å². The first-order chi connectivity index (χ1) is 9.54. The van der Waals surface area contributed by atoms with Gasteiger partial charge in [0.1, 0.15) is 0 Å². The molecule has 2 atom stereocenters. The van der Waals surface area contributed by atoms with E-state index in [4.69, 9.17) is 0 Å². The minimum atomic E-state index is 0.382. The molecule has 1 aromatic carbocycles. The Hall–Kier alpha value is -1.09. The number of rotatable bonds is 2. The molecule has 1 heterocycles. The van der Waals surface area contributed by atoms with E-state index < -0.39 is 0 Å². The summed E-state index contributed by atoms with van der Waals surface area (Å²) >= 11 is 1.72. The van der Waals surface area contributed by atoms with E-state index in [1.54, 1.807) is 11.3 Å². The Labute approximate surface area is 125 Å². The molecule has 20 heavy (non-hydrogen) atoms. The number of nitrogens with one attached hydrogen (secondary N) is 1. The first-order valence-corrected chi connectivity index (χ1v) is 8.52. The Bertz CT molecular complexity index is 582. The van der Waals surface area contributed by atoms with E-state index in [0.29, 0.717) is 11.5 Å². The second-order valence-corrected chi connectivity index (χ2v) is 7.93. The van der Waals surface area contributed by atoms with E-state index in [2.05, 4.69) is 49.3 Å². The molecular weight excluding hydrogens is 264 g/mol. The number of fused-ring (bicyclic) bond motifs is 1. The average molecular weight is 288 g/mol. The van der Waals surface area contributed by atoms with Crippen molar-refractivity contribution in [1.29, 1.82) is 0 Å². The number of hydrogen-bond acceptors (Lipinski definition) is 3. The molecule has 0 aliphatic heterocycles. The number of anilines is 1. The minimum Gasteiger partial charge on any atom is -0.382 e. The minimum absolute atomic E-state index is 0.382. The van der Waals surface area contributed by atoms with Gasteiger partial charge in [0.25, 0.3) is 0 Å². The Balaban J connectivity index is 1.80. The number of thiazole rings is 1. The maximum atomic E-state index is 4.35. The number of hydrogen-bond donors (Lipinski definition) is 1. The lowest BCUT2D eigenvalue weighted by Gasteiger charge is -2.41. The maximum Gasteiger partial charge on any atom is 0.0813 e. The van der Waals surface area contributed by atoms with Crippen molar-refractivity contribution in [3.8, 4) is 0 Å². The molecule has 0 spiro atoms. The highest BCUT2D eigenvalue weighted by atomic mass is 32.1. The van der Waals surface area contributed by atoms with Gasteiger partial charge in [-0.3, -0.25) is 0 Å². The first kappa shape index (κ1) is 13.9. The van der Waals surface area contributed by atoms with Crippen LogP contribution in [-0.4, -0.2) is 11.0 Å². The second-order valence-electron chi connectivity index (χ2n) is 7.04. The van der Waals surface area contributed by atoms with Crippen molar-refractivity contribution >= 4 is 27.2 Å². The number of aromatic nitrogens is 1. The van der Waals surface area contributed by atoms with Crippen molar-refractivity contribution in [2.24, 2.45) is 11.3 Å². The molecule has 1 aromatic heterocycles. The number of nitrogens with zero attached hydrogens (tertiary/aromatic N) is 1. The molecule has 1 saturated carbocycles. The molecule has 0 amide bonds. The van der Waals surface area contributed by atoms with Crippen molar-refractivity contribution in [3.63, 3.8) is 0 Å². The molecule has 3 rings (SSSR count). The van der Waals surface area contributed by atoms with Crippen LogP contribution in [0, 0.1) is 11.3 Å². The van der Waals surface area contributed by atoms with Crippen molar-refractivity contribution in [1.82, 2.24) is 4.98 Å². The molecular formula is C17H24N2S. The zero-order chi connectivity index (χ0) is 14.2. The summed E-state index contributed by atoms with van der Waals surface area (Å²) in [6.07, 6.45) is 5.38. The zero-order valence-corrected chi connectivity index (χ0v) is 13.5. The van der Waals surface area contributed by atoms with E-state index >= 15 is 0 Å². The van der Waals surface area contributed by atoms with E-state index in [1.807, 2.05) is 5.51 Å². The van der Waals surface area contributed by atoms with Gasteiger partial charge in [0.15, 0.2) is 0 Å². The fourth-order valence-corrected chi connectivity index (χ4v) is 4.22. The van der Waals surface area contributed by atoms with E-state index in [-0.39, 0.29) is 0 Å². The molecule has 0 saturated heterocycles. The average Bonchev–Trinajstić information content (AvgIpc) is 2.85. The van der Waals surface area contributed by atoms with Crippen LogP contribution in [0.4, 0.5) is 5.69 Å². The Morgan fingerprint density at radius 2 is 2.00 bits per heavy atom. The molecule has 3 heteroatoms. The van der Waals surface area contributed by atoms with Crippen molar-refractivity contribution in [3.05, 3.63) is 23.7 Å². The summed E-state index contributed by atoms with van der Waals surface area (Å²) in [5.41, 5.74) is 4.67. The Morgan fingerprint density at radius 3 is 2.80 bits per heavy atom. The van der Waals surface area contributed by atoms with Crippen LogP contribution in [-0.2, 0) is 0 Å². The van der Waals surface area contributed by atoms with Gasteiger partial charge < -0.3 is 5.32 Å². The maximum absolute atomic E-state index is 4.35. The van der Waals surface area contributed by atoms with Gasteiger partial charge >= 0.3 is 0 Å². The summed E-state index contributed by atoms with van der Waals surface area (Å²) < 4.78 is 1.28. The molecule has 0 bridgehead atoms. The lowest BCUT2D eigenvalue weighted by Crippen LogP contribution is -2.39. The van der Waals surface area contributed by atoms with Gasteiger partial charge in [-0.25, -0.2) is 4.98 Å². The molecule has 1 aliphatic carbocycles. The highest BCUT2D eigenvalue weighted by molar-refractivity contribution is 7.16. The third kappa shape index (κ3) is 2.83. The molecule has 1 N–H and O–H groups in total. The van der Waals surface area contributed by atoms with Crippen LogP contribution in [0.15, 0.2) is 23.7 Å². The summed E-state index contributed by atoms with van der Waals surface area (Å²) in [5.74, 6) is 0.758. The monoisotopic (exact) mass is 288 g/mol. The number of benzene rings is 1. The summed E-state index contributed by atoms with van der Waals surface area (Å²) in [4.78, 5) is 4.35. The van der Waals surface area contributed by atoms with Crippen LogP contribution in [0.2, 0.25) is 0 Å². The highest BCUT2D eigenvalue weighted by Crippen LogP contribution is 2.39. The molecule has 108 valence electrons. The third-order valence-electron chi connectivity index (χ3n) is 4.56. The molecule has 1 fully saturated rings. The molecule has 2 aromatic rings. The quantitative estimate of drug-likeness (QED) is 0.809. The normalized spacial score (nSPS) is 23.9. The fourth-order valence-electron chi connectivity index (χ4n) is 3.50. The van der Waals surface area contributed by atoms with Gasteiger partial charge in [0.2, 0.25) is 0 Å². The van der Waals surface area contributed by atoms with Crippen LogP contribution in [0.3, 0.4) is 0 Å². The second kappa shape index (κ2) is 5.36. The SMILES string of the molecule is CC(C)(C)C1CCCCC1Nc1ccc2ncsc2c1. The van der Waals surface area contributed by atoms with Crippen LogP contribution in [0.25, 0.3) is 10.2 Å². The summed E-state index contributed by atoms with van der Waals surface area (Å²) in [6.45, 7) is 7.14. The van der Waals surface area contributed by atoms with Crippen LogP contribution < -0.4 is 5.32 Å². The van der Waals surface area contributed by atoms with Gasteiger partial charge in [-0.1, -0.05) is 33.6 Å². The van der Waals surface area contributed by atoms with Crippen LogP contribution in [0.1, 0.15) is 46.5 Å². The summed E-state index contributed by atoms with van der Waals surface area (Å²) in [5, 5.41) is 3.80. The van der Waals surface area contributed by atoms with Crippen molar-refractivity contribution in [2.45, 2.75) is 52.5 Å². The molecule has 0 radical (unpaired) electrons. The zero-order valence-electron chi connectivity index (χ0n) is 12.6. The topological polar surface area (TPSA) is 24.9 Å². The Morgan fingerprint density at radius 1 is 1.20 bits per heavy atom. The smallest absolute Gasteiger partial charge is 0.0813 e. The largest absolute Gasteiger partial charge is 0.382 e. The van der Waals surface area contributed by atoms with Gasteiger partial charge in [0, 0.05) is 11.7 Å². The lowest BCUT2D eigenvalue weighted by atomic mass is 9.69. The molecule has 1 aliphatic rings. The predicted molar refractivity (Wildman–Crippen MR) is 88.4 cm³/mol. The van der Waals surface area contributed by atoms with Crippen molar-refractivity contribution in [2.75, 3.05) is 5.32 Å². The fraction of sp³-hybridized carbons (Fsp3) is 0.588. The van der Waals surface area contributed by atoms with Gasteiger partial charge in [-0.15, -0.1) is 11.3 Å². The van der Waals surface area contributed by atoms with Crippen LogP contribution in [0.5, 0.6) is 0 Å². The van der Waals surface area contributed by atoms with Gasteiger partial charge in [0.05, 0.1) is 15.7 Å². The predicted octanol–water partition coefficient (Wildman–Crippen LogP) is 5.31. The lowest BCUT2D eigenvalue weighted by molar-refractivity contribution is 0.163. The van der Waals surface area contributed by atoms with Crippen molar-refractivity contribution < 1.29 is 0 Å². The summed E-state index contributed by atoms with van der Waals surface area (Å²) in [6, 6.07) is 7.16. The highest BCUT2D eigenvalue weighted by Gasteiger charge is 2.33. The molecule has 2 nitrogen and oxygen atoms in total. The standard InChI is InChI=1S/C17H24N2S/c1-17(2,3)13-6-4-5-7-14(13)19-12-8-9-15-16(10-12)20-11-18-15/h8-11,13-14,19H,4-7H2,1-3H3. The van der Waals surface area contributed by atoms with Crippen LogP contribution >= 0.6 is 11.3 Å². The van der Waals surface area contributed by atoms with E-state index in [1.165, 1.54) is 36.1 Å². The van der Waals surface area contributed by atoms with E-state index in [9.17, 15) is 0 Å². The first-order valence-electron chi connectivity index (χ1n) is 7.64. The van der Waals surface area contributed by atoms with Gasteiger partial charge in [-0.05, 0) is 42.4 Å². The molecule has 2 unspecified atom stereocenters. The third-order valence-corrected chi connectivity index (χ3v) is 5.35. The summed E-state index contributed by atoms with van der Waals surface area (Å²) in [7, 11) is 0. The Kier molecular flexibility index (Phi) is 3.72. The van der Waals surface area contributed by atoms with Gasteiger partial charge in [-0.2, -0.15) is 0 Å².